The summed E-state index contributed by atoms with van der Waals surface area (Å²) in [6.45, 7) is 3.21. The first-order valence-electron chi connectivity index (χ1n) is 9.30. The Kier molecular flexibility index (Phi) is 4.83. The van der Waals surface area contributed by atoms with Crippen LogP contribution >= 0.6 is 0 Å². The van der Waals surface area contributed by atoms with E-state index in [1.165, 1.54) is 0 Å². The maximum atomic E-state index is 12.2. The summed E-state index contributed by atoms with van der Waals surface area (Å²) in [6, 6.07) is 5.09. The molecule has 138 valence electrons. The van der Waals surface area contributed by atoms with Crippen molar-refractivity contribution in [2.24, 2.45) is 5.92 Å². The smallest absolute Gasteiger partial charge is 0.266 e. The van der Waals surface area contributed by atoms with E-state index in [2.05, 4.69) is 20.4 Å². The van der Waals surface area contributed by atoms with Gasteiger partial charge in [0, 0.05) is 31.5 Å². The highest BCUT2D eigenvalue weighted by atomic mass is 16.2. The Labute approximate surface area is 151 Å². The van der Waals surface area contributed by atoms with E-state index in [4.69, 9.17) is 0 Å². The first-order chi connectivity index (χ1) is 12.7. The molecule has 0 radical (unpaired) electrons. The standard InChI is InChI=1S/C18H24N6O2/c25-17-5-4-16(23-10-2-9-20-23)21-24(17)13-14-6-11-22(12-7-14)15-3-1-8-19-18(15)26/h2,4-5,9-10,14-15H,1,3,6-8,11-13H2,(H,19,26). The SMILES string of the molecule is O=C1NCCCC1N1CCC(Cn2nc(-n3cccn3)ccc2=O)CC1. The summed E-state index contributed by atoms with van der Waals surface area (Å²) in [7, 11) is 0. The van der Waals surface area contributed by atoms with Gasteiger partial charge in [0.2, 0.25) is 5.91 Å². The molecule has 2 aliphatic rings. The Hall–Kier alpha value is -2.48. The third-order valence-electron chi connectivity index (χ3n) is 5.37. The molecular formula is C18H24N6O2. The highest BCUT2D eigenvalue weighted by molar-refractivity contribution is 5.82. The number of likely N-dealkylation sites (tertiary alicyclic amines) is 1. The van der Waals surface area contributed by atoms with Crippen molar-refractivity contribution >= 4 is 5.91 Å². The van der Waals surface area contributed by atoms with E-state index in [1.54, 1.807) is 27.7 Å². The largest absolute Gasteiger partial charge is 0.355 e. The fourth-order valence-corrected chi connectivity index (χ4v) is 3.89. The van der Waals surface area contributed by atoms with Gasteiger partial charge in [-0.1, -0.05) is 0 Å². The molecule has 0 bridgehead atoms. The number of piperidine rings is 2. The highest BCUT2D eigenvalue weighted by Crippen LogP contribution is 2.22. The number of hydrogen-bond donors (Lipinski definition) is 1. The van der Waals surface area contributed by atoms with Crippen molar-refractivity contribution < 1.29 is 4.79 Å². The van der Waals surface area contributed by atoms with Crippen LogP contribution in [0.2, 0.25) is 0 Å². The van der Waals surface area contributed by atoms with Crippen LogP contribution in [-0.2, 0) is 11.3 Å². The minimum Gasteiger partial charge on any atom is -0.355 e. The van der Waals surface area contributed by atoms with Gasteiger partial charge in [0.25, 0.3) is 5.56 Å². The first-order valence-corrected chi connectivity index (χ1v) is 9.30. The topological polar surface area (TPSA) is 85.1 Å². The summed E-state index contributed by atoms with van der Waals surface area (Å²) in [5.41, 5.74) is -0.0880. The number of aromatic nitrogens is 4. The molecule has 4 rings (SSSR count). The van der Waals surface area contributed by atoms with Gasteiger partial charge in [-0.25, -0.2) is 9.36 Å². The number of hydrogen-bond acceptors (Lipinski definition) is 5. The third kappa shape index (κ3) is 3.55. The molecule has 2 saturated heterocycles. The Morgan fingerprint density at radius 1 is 1.15 bits per heavy atom. The van der Waals surface area contributed by atoms with Crippen molar-refractivity contribution in [1.29, 1.82) is 0 Å². The lowest BCUT2D eigenvalue weighted by Crippen LogP contribution is -2.52. The van der Waals surface area contributed by atoms with Crippen LogP contribution in [0.1, 0.15) is 25.7 Å². The maximum Gasteiger partial charge on any atom is 0.266 e. The zero-order valence-electron chi connectivity index (χ0n) is 14.8. The summed E-state index contributed by atoms with van der Waals surface area (Å²) in [5.74, 6) is 1.21. The molecule has 8 nitrogen and oxygen atoms in total. The lowest BCUT2D eigenvalue weighted by Gasteiger charge is -2.38. The van der Waals surface area contributed by atoms with E-state index in [-0.39, 0.29) is 17.5 Å². The van der Waals surface area contributed by atoms with Crippen LogP contribution in [0.5, 0.6) is 0 Å². The van der Waals surface area contributed by atoms with Gasteiger partial charge in [-0.2, -0.15) is 5.10 Å². The molecule has 0 saturated carbocycles. The van der Waals surface area contributed by atoms with Crippen molar-refractivity contribution in [3.63, 3.8) is 0 Å². The van der Waals surface area contributed by atoms with Crippen molar-refractivity contribution in [2.75, 3.05) is 19.6 Å². The van der Waals surface area contributed by atoms with Crippen LogP contribution in [0.25, 0.3) is 5.82 Å². The number of carbonyl (C=O) groups is 1. The number of amides is 1. The minimum atomic E-state index is -0.0880. The van der Waals surface area contributed by atoms with Crippen LogP contribution in [-0.4, -0.2) is 56.0 Å². The van der Waals surface area contributed by atoms with E-state index >= 15 is 0 Å². The zero-order valence-corrected chi connectivity index (χ0v) is 14.8. The average Bonchev–Trinajstić information content (AvgIpc) is 3.19. The van der Waals surface area contributed by atoms with Crippen molar-refractivity contribution in [2.45, 2.75) is 38.3 Å². The van der Waals surface area contributed by atoms with E-state index in [9.17, 15) is 9.59 Å². The van der Waals surface area contributed by atoms with E-state index in [0.717, 1.165) is 45.3 Å². The zero-order chi connectivity index (χ0) is 17.9. The highest BCUT2D eigenvalue weighted by Gasteiger charge is 2.31. The second kappa shape index (κ2) is 7.41. The molecule has 2 aromatic heterocycles. The molecule has 0 aliphatic carbocycles. The molecule has 8 heteroatoms. The number of nitrogens with zero attached hydrogens (tertiary/aromatic N) is 5. The van der Waals surface area contributed by atoms with Gasteiger partial charge in [-0.15, -0.1) is 5.10 Å². The van der Waals surface area contributed by atoms with E-state index in [1.807, 2.05) is 12.3 Å². The minimum absolute atomic E-state index is 0.0219. The number of carbonyl (C=O) groups excluding carboxylic acids is 1. The predicted molar refractivity (Wildman–Crippen MR) is 95.9 cm³/mol. The summed E-state index contributed by atoms with van der Waals surface area (Å²) < 4.78 is 3.20. The Bertz CT molecular complexity index is 807. The van der Waals surface area contributed by atoms with Crippen LogP contribution in [0, 0.1) is 5.92 Å². The lowest BCUT2D eigenvalue weighted by atomic mass is 9.94. The molecule has 0 spiro atoms. The van der Waals surface area contributed by atoms with Gasteiger partial charge < -0.3 is 5.32 Å². The fourth-order valence-electron chi connectivity index (χ4n) is 3.89. The second-order valence-electron chi connectivity index (χ2n) is 7.09. The number of nitrogens with one attached hydrogen (secondary N) is 1. The number of rotatable bonds is 4. The maximum absolute atomic E-state index is 12.2. The molecule has 2 aliphatic heterocycles. The third-order valence-corrected chi connectivity index (χ3v) is 5.37. The molecule has 1 unspecified atom stereocenters. The Balaban J connectivity index is 1.39. The molecule has 2 aromatic rings. The summed E-state index contributed by atoms with van der Waals surface area (Å²) in [6.07, 6.45) is 7.45. The van der Waals surface area contributed by atoms with Crippen molar-refractivity contribution in [3.8, 4) is 5.82 Å². The first kappa shape index (κ1) is 17.0. The van der Waals surface area contributed by atoms with E-state index in [0.29, 0.717) is 18.3 Å². The average molecular weight is 356 g/mol. The Morgan fingerprint density at radius 3 is 2.73 bits per heavy atom. The fraction of sp³-hybridized carbons (Fsp3) is 0.556. The second-order valence-corrected chi connectivity index (χ2v) is 7.09. The van der Waals surface area contributed by atoms with Crippen molar-refractivity contribution in [3.05, 3.63) is 40.9 Å². The van der Waals surface area contributed by atoms with Crippen LogP contribution in [0.4, 0.5) is 0 Å². The van der Waals surface area contributed by atoms with Crippen LogP contribution in [0.15, 0.2) is 35.4 Å². The van der Waals surface area contributed by atoms with Crippen molar-refractivity contribution in [1.82, 2.24) is 29.8 Å². The molecule has 1 amide bonds. The van der Waals surface area contributed by atoms with Crippen LogP contribution in [0.3, 0.4) is 0 Å². The van der Waals surface area contributed by atoms with Gasteiger partial charge in [0.15, 0.2) is 5.82 Å². The molecule has 2 fully saturated rings. The van der Waals surface area contributed by atoms with Gasteiger partial charge in [0.05, 0.1) is 6.04 Å². The molecule has 1 atom stereocenters. The summed E-state index contributed by atoms with van der Waals surface area (Å²) >= 11 is 0. The normalized spacial score (nSPS) is 22.3. The van der Waals surface area contributed by atoms with Crippen LogP contribution < -0.4 is 10.9 Å². The van der Waals surface area contributed by atoms with Gasteiger partial charge in [0.1, 0.15) is 0 Å². The van der Waals surface area contributed by atoms with Gasteiger partial charge >= 0.3 is 0 Å². The lowest BCUT2D eigenvalue weighted by molar-refractivity contribution is -0.128. The molecule has 4 heterocycles. The molecular weight excluding hydrogens is 332 g/mol. The Morgan fingerprint density at radius 2 is 2.00 bits per heavy atom. The quantitative estimate of drug-likeness (QED) is 0.858. The predicted octanol–water partition coefficient (Wildman–Crippen LogP) is 0.420. The molecule has 1 N–H and O–H groups in total. The summed E-state index contributed by atoms with van der Waals surface area (Å²) in [5, 5.41) is 11.6. The molecule has 26 heavy (non-hydrogen) atoms. The van der Waals surface area contributed by atoms with E-state index < -0.39 is 0 Å². The monoisotopic (exact) mass is 356 g/mol. The van der Waals surface area contributed by atoms with Gasteiger partial charge in [-0.05, 0) is 56.8 Å². The molecule has 0 aromatic carbocycles. The summed E-state index contributed by atoms with van der Waals surface area (Å²) in [4.78, 5) is 26.5. The van der Waals surface area contributed by atoms with Gasteiger partial charge in [-0.3, -0.25) is 14.5 Å².